The first-order chi connectivity index (χ1) is 16.5. The number of methoxy groups -OCH3 is 1. The molecule has 9 heteroatoms. The number of anilines is 1. The number of fused-ring (bicyclic) bond motifs is 1. The van der Waals surface area contributed by atoms with Crippen LogP contribution >= 0.6 is 11.3 Å². The molecule has 0 spiro atoms. The topological polar surface area (TPSA) is 106 Å². The molecule has 0 radical (unpaired) electrons. The quantitative estimate of drug-likeness (QED) is 0.403. The van der Waals surface area contributed by atoms with Crippen LogP contribution in [0, 0.1) is 0 Å². The molecule has 2 N–H and O–H groups in total. The van der Waals surface area contributed by atoms with Gasteiger partial charge in [-0.2, -0.15) is 0 Å². The Kier molecular flexibility index (Phi) is 5.52. The lowest BCUT2D eigenvalue weighted by Gasteiger charge is -2.07. The summed E-state index contributed by atoms with van der Waals surface area (Å²) in [7, 11) is 1.60. The number of hydrogen-bond donors (Lipinski definition) is 2. The molecule has 0 unspecified atom stereocenters. The van der Waals surface area contributed by atoms with Crippen LogP contribution in [0.3, 0.4) is 0 Å². The highest BCUT2D eigenvalue weighted by Crippen LogP contribution is 2.27. The molecule has 0 saturated heterocycles. The minimum absolute atomic E-state index is 0.283. The Morgan fingerprint density at radius 1 is 1.03 bits per heavy atom. The molecule has 5 aromatic rings. The van der Waals surface area contributed by atoms with E-state index in [9.17, 15) is 14.4 Å². The van der Waals surface area contributed by atoms with E-state index in [1.54, 1.807) is 43.5 Å². The van der Waals surface area contributed by atoms with E-state index in [0.29, 0.717) is 27.6 Å². The predicted molar refractivity (Wildman–Crippen MR) is 132 cm³/mol. The van der Waals surface area contributed by atoms with Gasteiger partial charge in [0.1, 0.15) is 5.75 Å². The van der Waals surface area contributed by atoms with Crippen LogP contribution < -0.4 is 21.3 Å². The standard InChI is InChI=1S/C25H18N4O4S/c1-33-18-9-5-6-15(12-18)21-14-34-24(26-21)28-22(30)16-10-11-19-20(13-16)27-25(32)29(23(19)31)17-7-3-2-4-8-17/h2-14H,1H3,(H,27,32)(H,26,28,30). The van der Waals surface area contributed by atoms with Crippen molar-refractivity contribution < 1.29 is 9.53 Å². The Morgan fingerprint density at radius 3 is 2.65 bits per heavy atom. The van der Waals surface area contributed by atoms with Gasteiger partial charge in [0, 0.05) is 16.5 Å². The number of carbonyl (C=O) groups excluding carboxylic acids is 1. The van der Waals surface area contributed by atoms with Gasteiger partial charge in [-0.15, -0.1) is 11.3 Å². The number of para-hydroxylation sites is 1. The van der Waals surface area contributed by atoms with Crippen molar-refractivity contribution in [2.75, 3.05) is 12.4 Å². The lowest BCUT2D eigenvalue weighted by atomic mass is 10.1. The van der Waals surface area contributed by atoms with Crippen molar-refractivity contribution in [1.82, 2.24) is 14.5 Å². The summed E-state index contributed by atoms with van der Waals surface area (Å²) in [6.45, 7) is 0. The molecule has 2 heterocycles. The minimum atomic E-state index is -0.580. The number of hydrogen-bond acceptors (Lipinski definition) is 6. The van der Waals surface area contributed by atoms with E-state index in [4.69, 9.17) is 4.74 Å². The molecule has 0 atom stereocenters. The number of nitrogens with one attached hydrogen (secondary N) is 2. The third-order valence-electron chi connectivity index (χ3n) is 5.26. The van der Waals surface area contributed by atoms with E-state index in [1.807, 2.05) is 29.6 Å². The summed E-state index contributed by atoms with van der Waals surface area (Å²) in [6, 6.07) is 20.7. The molecule has 0 aliphatic rings. The molecule has 0 aliphatic carbocycles. The van der Waals surface area contributed by atoms with Gasteiger partial charge >= 0.3 is 5.69 Å². The fraction of sp³-hybridized carbons (Fsp3) is 0.0400. The summed E-state index contributed by atoms with van der Waals surface area (Å²) in [5, 5.41) is 5.34. The fourth-order valence-electron chi connectivity index (χ4n) is 3.59. The number of H-pyrrole nitrogens is 1. The normalized spacial score (nSPS) is 10.9. The molecule has 1 amide bonds. The highest BCUT2D eigenvalue weighted by Gasteiger charge is 2.14. The monoisotopic (exact) mass is 470 g/mol. The third-order valence-corrected chi connectivity index (χ3v) is 6.02. The summed E-state index contributed by atoms with van der Waals surface area (Å²) in [5.74, 6) is 0.314. The van der Waals surface area contributed by atoms with Crippen LogP contribution in [-0.4, -0.2) is 27.6 Å². The van der Waals surface area contributed by atoms with Crippen LogP contribution in [0.25, 0.3) is 27.8 Å². The number of amides is 1. The van der Waals surface area contributed by atoms with Gasteiger partial charge in [0.15, 0.2) is 5.13 Å². The van der Waals surface area contributed by atoms with Crippen molar-refractivity contribution in [3.8, 4) is 22.7 Å². The van der Waals surface area contributed by atoms with Gasteiger partial charge in [-0.05, 0) is 42.5 Å². The Hall–Kier alpha value is -4.50. The lowest BCUT2D eigenvalue weighted by molar-refractivity contribution is 0.102. The molecule has 2 aromatic heterocycles. The Balaban J connectivity index is 1.43. The maximum Gasteiger partial charge on any atom is 0.333 e. The largest absolute Gasteiger partial charge is 0.497 e. The smallest absolute Gasteiger partial charge is 0.333 e. The van der Waals surface area contributed by atoms with E-state index < -0.39 is 17.2 Å². The Bertz CT molecular complexity index is 1640. The molecule has 34 heavy (non-hydrogen) atoms. The van der Waals surface area contributed by atoms with Crippen molar-refractivity contribution in [2.24, 2.45) is 0 Å². The first-order valence-corrected chi connectivity index (χ1v) is 11.2. The molecule has 168 valence electrons. The first-order valence-electron chi connectivity index (χ1n) is 10.3. The highest BCUT2D eigenvalue weighted by molar-refractivity contribution is 7.14. The second kappa shape index (κ2) is 8.80. The van der Waals surface area contributed by atoms with Crippen molar-refractivity contribution in [3.05, 3.63) is 105 Å². The average Bonchev–Trinajstić information content (AvgIpc) is 3.33. The fourth-order valence-corrected chi connectivity index (χ4v) is 4.30. The summed E-state index contributed by atoms with van der Waals surface area (Å²) in [6.07, 6.45) is 0. The molecular formula is C25H18N4O4S. The first kappa shape index (κ1) is 21.4. The second-order valence-electron chi connectivity index (χ2n) is 7.39. The summed E-state index contributed by atoms with van der Waals surface area (Å²) >= 11 is 1.29. The van der Waals surface area contributed by atoms with E-state index in [0.717, 1.165) is 10.1 Å². The van der Waals surface area contributed by atoms with Gasteiger partial charge < -0.3 is 9.72 Å². The maximum absolute atomic E-state index is 12.9. The van der Waals surface area contributed by atoms with Crippen LogP contribution in [0.15, 0.2) is 87.8 Å². The molecule has 8 nitrogen and oxygen atoms in total. The van der Waals surface area contributed by atoms with Crippen molar-refractivity contribution in [1.29, 1.82) is 0 Å². The minimum Gasteiger partial charge on any atom is -0.497 e. The van der Waals surface area contributed by atoms with Crippen LogP contribution in [0.1, 0.15) is 10.4 Å². The molecule has 0 saturated carbocycles. The Morgan fingerprint density at radius 2 is 1.85 bits per heavy atom. The zero-order chi connectivity index (χ0) is 23.7. The summed E-state index contributed by atoms with van der Waals surface area (Å²) < 4.78 is 6.31. The highest BCUT2D eigenvalue weighted by atomic mass is 32.1. The van der Waals surface area contributed by atoms with Crippen molar-refractivity contribution >= 4 is 33.3 Å². The van der Waals surface area contributed by atoms with Gasteiger partial charge in [-0.25, -0.2) is 14.3 Å². The number of ether oxygens (including phenoxy) is 1. The molecule has 0 bridgehead atoms. The third kappa shape index (κ3) is 4.00. The van der Waals surface area contributed by atoms with Gasteiger partial charge in [-0.1, -0.05) is 30.3 Å². The summed E-state index contributed by atoms with van der Waals surface area (Å²) in [4.78, 5) is 45.5. The van der Waals surface area contributed by atoms with E-state index in [-0.39, 0.29) is 11.1 Å². The number of aromatic amines is 1. The van der Waals surface area contributed by atoms with Crippen LogP contribution in [0.2, 0.25) is 0 Å². The molecular weight excluding hydrogens is 452 g/mol. The maximum atomic E-state index is 12.9. The lowest BCUT2D eigenvalue weighted by Crippen LogP contribution is -2.33. The number of rotatable bonds is 5. The molecule has 3 aromatic carbocycles. The SMILES string of the molecule is COc1cccc(-c2csc(NC(=O)c3ccc4c(=O)n(-c5ccccc5)c(=O)[nH]c4c3)n2)c1. The molecule has 0 fully saturated rings. The zero-order valence-corrected chi connectivity index (χ0v) is 18.8. The van der Waals surface area contributed by atoms with E-state index in [1.165, 1.54) is 23.5 Å². The second-order valence-corrected chi connectivity index (χ2v) is 8.25. The summed E-state index contributed by atoms with van der Waals surface area (Å²) in [5.41, 5.74) is 1.58. The van der Waals surface area contributed by atoms with Gasteiger partial charge in [0.25, 0.3) is 11.5 Å². The predicted octanol–water partition coefficient (Wildman–Crippen LogP) is 4.06. The van der Waals surface area contributed by atoms with Crippen molar-refractivity contribution in [3.63, 3.8) is 0 Å². The number of nitrogens with zero attached hydrogens (tertiary/aromatic N) is 2. The van der Waals surface area contributed by atoms with Crippen molar-refractivity contribution in [2.45, 2.75) is 0 Å². The average molecular weight is 471 g/mol. The van der Waals surface area contributed by atoms with Crippen LogP contribution in [-0.2, 0) is 0 Å². The molecule has 0 aliphatic heterocycles. The number of carbonyl (C=O) groups is 1. The van der Waals surface area contributed by atoms with E-state index in [2.05, 4.69) is 15.3 Å². The Labute approximate surface area is 197 Å². The van der Waals surface area contributed by atoms with Gasteiger partial charge in [-0.3, -0.25) is 14.9 Å². The zero-order valence-electron chi connectivity index (χ0n) is 17.9. The van der Waals surface area contributed by atoms with Gasteiger partial charge in [0.05, 0.1) is 29.4 Å². The number of aromatic nitrogens is 3. The van der Waals surface area contributed by atoms with Gasteiger partial charge in [0.2, 0.25) is 0 Å². The number of benzene rings is 3. The molecule has 5 rings (SSSR count). The van der Waals surface area contributed by atoms with Crippen LogP contribution in [0.5, 0.6) is 5.75 Å². The van der Waals surface area contributed by atoms with Crippen LogP contribution in [0.4, 0.5) is 5.13 Å². The van der Waals surface area contributed by atoms with E-state index >= 15 is 0 Å². The number of thiazole rings is 1.